The number of carboxylic acid groups (broad SMARTS) is 1. The number of rotatable bonds is 9. The van der Waals surface area contributed by atoms with Crippen LogP contribution in [0.15, 0.2) is 29.8 Å². The van der Waals surface area contributed by atoms with E-state index in [1.54, 1.807) is 30.3 Å². The Kier molecular flexibility index (Phi) is 7.62. The van der Waals surface area contributed by atoms with E-state index < -0.39 is 5.97 Å². The summed E-state index contributed by atoms with van der Waals surface area (Å²) in [6.07, 6.45) is 5.09. The summed E-state index contributed by atoms with van der Waals surface area (Å²) in [4.78, 5) is 10.7. The maximum Gasteiger partial charge on any atom is 0.346 e. The number of nitriles is 1. The largest absolute Gasteiger partial charge is 0.494 e. The first-order valence-electron chi connectivity index (χ1n) is 6.86. The average Bonchev–Trinajstić information content (AvgIpc) is 2.49. The van der Waals surface area contributed by atoms with Crippen molar-refractivity contribution in [1.82, 2.24) is 0 Å². The zero-order valence-corrected chi connectivity index (χ0v) is 11.8. The molecule has 0 amide bonds. The lowest BCUT2D eigenvalue weighted by Crippen LogP contribution is -1.98. The van der Waals surface area contributed by atoms with Crippen LogP contribution in [-0.4, -0.2) is 29.4 Å². The van der Waals surface area contributed by atoms with Crippen molar-refractivity contribution in [3.63, 3.8) is 0 Å². The number of nitrogens with zero attached hydrogens (tertiary/aromatic N) is 1. The number of aliphatic carboxylic acids is 1. The van der Waals surface area contributed by atoms with E-state index in [4.69, 9.17) is 20.2 Å². The molecule has 2 N–H and O–H groups in total. The molecule has 0 aliphatic heterocycles. The van der Waals surface area contributed by atoms with Crippen molar-refractivity contribution >= 4 is 12.0 Å². The van der Waals surface area contributed by atoms with Gasteiger partial charge in [0, 0.05) is 6.61 Å². The van der Waals surface area contributed by atoms with E-state index in [0.717, 1.165) is 25.7 Å². The average molecular weight is 289 g/mol. The Labute approximate surface area is 124 Å². The Morgan fingerprint density at radius 1 is 1.19 bits per heavy atom. The fraction of sp³-hybridized carbons (Fsp3) is 0.375. The molecule has 5 nitrogen and oxygen atoms in total. The molecule has 0 saturated heterocycles. The van der Waals surface area contributed by atoms with Gasteiger partial charge in [0.25, 0.3) is 0 Å². The van der Waals surface area contributed by atoms with Crippen LogP contribution in [0.5, 0.6) is 5.75 Å². The van der Waals surface area contributed by atoms with Gasteiger partial charge in [0.15, 0.2) is 0 Å². The number of aliphatic hydroxyl groups is 1. The third kappa shape index (κ3) is 6.59. The zero-order valence-electron chi connectivity index (χ0n) is 11.8. The minimum absolute atomic E-state index is 0.233. The molecule has 0 aliphatic carbocycles. The van der Waals surface area contributed by atoms with Crippen LogP contribution in [0.1, 0.15) is 31.2 Å². The van der Waals surface area contributed by atoms with Gasteiger partial charge < -0.3 is 14.9 Å². The first-order valence-corrected chi connectivity index (χ1v) is 6.86. The Morgan fingerprint density at radius 2 is 1.86 bits per heavy atom. The molecule has 0 fully saturated rings. The second-order valence-electron chi connectivity index (χ2n) is 4.53. The van der Waals surface area contributed by atoms with Gasteiger partial charge in [-0.1, -0.05) is 18.6 Å². The molecule has 112 valence electrons. The van der Waals surface area contributed by atoms with E-state index in [2.05, 4.69) is 0 Å². The third-order valence-electron chi connectivity index (χ3n) is 2.86. The second kappa shape index (κ2) is 9.56. The number of hydrogen-bond acceptors (Lipinski definition) is 4. The van der Waals surface area contributed by atoms with Crippen molar-refractivity contribution in [2.75, 3.05) is 13.2 Å². The molecule has 5 heteroatoms. The number of aliphatic hydroxyl groups excluding tert-OH is 1. The molecular formula is C16H19NO4. The summed E-state index contributed by atoms with van der Waals surface area (Å²) in [5.74, 6) is -0.524. The molecule has 0 unspecified atom stereocenters. The molecule has 0 saturated carbocycles. The van der Waals surface area contributed by atoms with Gasteiger partial charge in [0.2, 0.25) is 0 Å². The van der Waals surface area contributed by atoms with Crippen molar-refractivity contribution < 1.29 is 19.7 Å². The quantitative estimate of drug-likeness (QED) is 0.414. The summed E-state index contributed by atoms with van der Waals surface area (Å²) in [6, 6.07) is 8.55. The highest BCUT2D eigenvalue weighted by Gasteiger charge is 2.05. The molecule has 0 bridgehead atoms. The van der Waals surface area contributed by atoms with Crippen molar-refractivity contribution in [1.29, 1.82) is 5.26 Å². The number of benzene rings is 1. The highest BCUT2D eigenvalue weighted by atomic mass is 16.5. The lowest BCUT2D eigenvalue weighted by molar-refractivity contribution is -0.132. The number of hydrogen-bond donors (Lipinski definition) is 2. The van der Waals surface area contributed by atoms with Gasteiger partial charge in [-0.3, -0.25) is 0 Å². The van der Waals surface area contributed by atoms with Gasteiger partial charge in [0.1, 0.15) is 17.4 Å². The highest BCUT2D eigenvalue weighted by molar-refractivity contribution is 5.96. The molecule has 0 aliphatic rings. The van der Waals surface area contributed by atoms with Gasteiger partial charge in [0.05, 0.1) is 6.61 Å². The maximum absolute atomic E-state index is 10.7. The fourth-order valence-electron chi connectivity index (χ4n) is 1.73. The SMILES string of the molecule is N#C/C(=C\c1ccc(OCCCCCCO)cc1)C(=O)O. The van der Waals surface area contributed by atoms with Crippen LogP contribution < -0.4 is 4.74 Å². The van der Waals surface area contributed by atoms with Crippen LogP contribution in [0.2, 0.25) is 0 Å². The molecule has 0 atom stereocenters. The Morgan fingerprint density at radius 3 is 2.43 bits per heavy atom. The lowest BCUT2D eigenvalue weighted by atomic mass is 10.1. The fourth-order valence-corrected chi connectivity index (χ4v) is 1.73. The summed E-state index contributed by atoms with van der Waals surface area (Å²) in [5.41, 5.74) is 0.344. The minimum atomic E-state index is -1.24. The third-order valence-corrected chi connectivity index (χ3v) is 2.86. The smallest absolute Gasteiger partial charge is 0.346 e. The van der Waals surface area contributed by atoms with Crippen LogP contribution in [0, 0.1) is 11.3 Å². The predicted octanol–water partition coefficient (Wildman–Crippen LogP) is 2.61. The van der Waals surface area contributed by atoms with Crippen LogP contribution >= 0.6 is 0 Å². The van der Waals surface area contributed by atoms with Crippen molar-refractivity contribution in [2.45, 2.75) is 25.7 Å². The summed E-state index contributed by atoms with van der Waals surface area (Å²) < 4.78 is 5.56. The van der Waals surface area contributed by atoms with E-state index >= 15 is 0 Å². The molecule has 1 aromatic carbocycles. The van der Waals surface area contributed by atoms with E-state index in [9.17, 15) is 4.79 Å². The van der Waals surface area contributed by atoms with E-state index in [-0.39, 0.29) is 12.2 Å². The summed E-state index contributed by atoms with van der Waals surface area (Å²) >= 11 is 0. The van der Waals surface area contributed by atoms with Crippen LogP contribution in [0.4, 0.5) is 0 Å². The minimum Gasteiger partial charge on any atom is -0.494 e. The molecule has 21 heavy (non-hydrogen) atoms. The molecule has 0 aromatic heterocycles. The molecule has 1 rings (SSSR count). The maximum atomic E-state index is 10.7. The molecule has 0 radical (unpaired) electrons. The first-order chi connectivity index (χ1) is 10.2. The number of carbonyl (C=O) groups is 1. The molecule has 0 heterocycles. The predicted molar refractivity (Wildman–Crippen MR) is 78.7 cm³/mol. The van der Waals surface area contributed by atoms with Crippen molar-refractivity contribution in [3.8, 4) is 11.8 Å². The second-order valence-corrected chi connectivity index (χ2v) is 4.53. The van der Waals surface area contributed by atoms with Crippen LogP contribution in [0.25, 0.3) is 6.08 Å². The summed E-state index contributed by atoms with van der Waals surface area (Å²) in [7, 11) is 0. The lowest BCUT2D eigenvalue weighted by Gasteiger charge is -2.06. The highest BCUT2D eigenvalue weighted by Crippen LogP contribution is 2.15. The standard InChI is InChI=1S/C16H19NO4/c17-12-14(16(19)20)11-13-5-7-15(8-6-13)21-10-4-2-1-3-9-18/h5-8,11,18H,1-4,9-10H2,(H,19,20)/b14-11+. The van der Waals surface area contributed by atoms with Gasteiger partial charge in [-0.2, -0.15) is 5.26 Å². The monoisotopic (exact) mass is 289 g/mol. The van der Waals surface area contributed by atoms with Gasteiger partial charge in [-0.25, -0.2) is 4.79 Å². The van der Waals surface area contributed by atoms with Gasteiger partial charge in [-0.05, 0) is 43.0 Å². The Balaban J connectivity index is 2.44. The Bertz CT molecular complexity index is 514. The number of carboxylic acids is 1. The van der Waals surface area contributed by atoms with Gasteiger partial charge >= 0.3 is 5.97 Å². The molecule has 1 aromatic rings. The Hall–Kier alpha value is -2.32. The number of unbranched alkanes of at least 4 members (excludes halogenated alkanes) is 3. The van der Waals surface area contributed by atoms with E-state index in [1.165, 1.54) is 6.08 Å². The van der Waals surface area contributed by atoms with Crippen LogP contribution in [0.3, 0.4) is 0 Å². The molecule has 0 spiro atoms. The van der Waals surface area contributed by atoms with Crippen molar-refractivity contribution in [3.05, 3.63) is 35.4 Å². The summed E-state index contributed by atoms with van der Waals surface area (Å²) in [6.45, 7) is 0.843. The van der Waals surface area contributed by atoms with E-state index in [0.29, 0.717) is 17.9 Å². The normalized spacial score (nSPS) is 11.0. The van der Waals surface area contributed by atoms with Crippen LogP contribution in [-0.2, 0) is 4.79 Å². The summed E-state index contributed by atoms with van der Waals surface area (Å²) in [5, 5.41) is 26.1. The first kappa shape index (κ1) is 16.7. The van der Waals surface area contributed by atoms with Crippen molar-refractivity contribution in [2.24, 2.45) is 0 Å². The van der Waals surface area contributed by atoms with Gasteiger partial charge in [-0.15, -0.1) is 0 Å². The van der Waals surface area contributed by atoms with E-state index in [1.807, 2.05) is 0 Å². The topological polar surface area (TPSA) is 90.5 Å². The molecular weight excluding hydrogens is 270 g/mol. The zero-order chi connectivity index (χ0) is 15.5. The number of ether oxygens (including phenoxy) is 1.